The van der Waals surface area contributed by atoms with Gasteiger partial charge in [0.1, 0.15) is 5.82 Å². The van der Waals surface area contributed by atoms with Gasteiger partial charge in [-0.2, -0.15) is 0 Å². The molecule has 24 heavy (non-hydrogen) atoms. The van der Waals surface area contributed by atoms with Gasteiger partial charge in [-0.05, 0) is 42.2 Å². The van der Waals surface area contributed by atoms with Crippen LogP contribution in [0.3, 0.4) is 0 Å². The van der Waals surface area contributed by atoms with Crippen LogP contribution >= 0.6 is 0 Å². The van der Waals surface area contributed by atoms with Gasteiger partial charge in [-0.1, -0.05) is 18.2 Å². The number of benzene rings is 1. The topological polar surface area (TPSA) is 62.3 Å². The second-order valence-corrected chi connectivity index (χ2v) is 7.08. The monoisotopic (exact) mass is 343 g/mol. The molecule has 3 rings (SSSR count). The number of piperidine rings is 1. The van der Waals surface area contributed by atoms with Crippen molar-refractivity contribution in [2.24, 2.45) is 0 Å². The van der Waals surface area contributed by atoms with Gasteiger partial charge >= 0.3 is 0 Å². The summed E-state index contributed by atoms with van der Waals surface area (Å²) in [6, 6.07) is 12.0. The minimum Gasteiger partial charge on any atom is -0.297 e. The second-order valence-electron chi connectivity index (χ2n) is 5.88. The lowest BCUT2D eigenvalue weighted by Gasteiger charge is -2.25. The van der Waals surface area contributed by atoms with Gasteiger partial charge in [-0.15, -0.1) is 0 Å². The Morgan fingerprint density at radius 2 is 2.08 bits per heavy atom. The van der Waals surface area contributed by atoms with Gasteiger partial charge < -0.3 is 0 Å². The van der Waals surface area contributed by atoms with Crippen molar-refractivity contribution in [3.63, 3.8) is 0 Å². The van der Waals surface area contributed by atoms with E-state index in [-0.39, 0.29) is 5.91 Å². The van der Waals surface area contributed by atoms with E-state index >= 15 is 0 Å². The zero-order valence-corrected chi connectivity index (χ0v) is 14.5. The number of aromatic nitrogens is 1. The first-order valence-electron chi connectivity index (χ1n) is 8.06. The van der Waals surface area contributed by atoms with Crippen LogP contribution in [0, 0.1) is 0 Å². The van der Waals surface area contributed by atoms with Gasteiger partial charge in [0.05, 0.1) is 11.0 Å². The Kier molecular flexibility index (Phi) is 5.37. The number of pyridine rings is 1. The van der Waals surface area contributed by atoms with E-state index in [1.165, 1.54) is 0 Å². The van der Waals surface area contributed by atoms with Crippen molar-refractivity contribution in [1.82, 2.24) is 9.71 Å². The maximum Gasteiger partial charge on any atom is 0.228 e. The van der Waals surface area contributed by atoms with Crippen LogP contribution in [0.25, 0.3) is 11.1 Å². The number of hydrogen-bond acceptors (Lipinski definition) is 3. The highest BCUT2D eigenvalue weighted by Gasteiger charge is 2.20. The van der Waals surface area contributed by atoms with Crippen LogP contribution in [-0.2, 0) is 22.3 Å². The molecule has 5 nitrogen and oxygen atoms in total. The van der Waals surface area contributed by atoms with Crippen molar-refractivity contribution < 1.29 is 9.00 Å². The SMILES string of the molecule is CS(=O)NCc1cccc(-c2ccc(N3CCCCC3=O)nc2)c1. The molecule has 1 aromatic heterocycles. The molecule has 1 aliphatic rings. The summed E-state index contributed by atoms with van der Waals surface area (Å²) in [5.74, 6) is 0.879. The van der Waals surface area contributed by atoms with Crippen LogP contribution < -0.4 is 9.62 Å². The van der Waals surface area contributed by atoms with Gasteiger partial charge in [0.15, 0.2) is 0 Å². The number of amides is 1. The molecule has 1 unspecified atom stereocenters. The molecule has 1 amide bonds. The standard InChI is InChI=1S/C18H21N3O2S/c1-24(23)20-12-14-5-4-6-15(11-14)16-8-9-17(19-13-16)21-10-3-2-7-18(21)22/h4-6,8-9,11,13,20H,2-3,7,10,12H2,1H3. The summed E-state index contributed by atoms with van der Waals surface area (Å²) in [6.07, 6.45) is 6.03. The summed E-state index contributed by atoms with van der Waals surface area (Å²) in [6.45, 7) is 1.31. The van der Waals surface area contributed by atoms with Crippen molar-refractivity contribution in [1.29, 1.82) is 0 Å². The molecule has 6 heteroatoms. The van der Waals surface area contributed by atoms with Crippen molar-refractivity contribution in [2.45, 2.75) is 25.8 Å². The van der Waals surface area contributed by atoms with E-state index in [2.05, 4.69) is 15.8 Å². The summed E-state index contributed by atoms with van der Waals surface area (Å²) in [7, 11) is -1.03. The van der Waals surface area contributed by atoms with E-state index in [0.717, 1.165) is 41.9 Å². The Hall–Kier alpha value is -2.05. The molecule has 0 aliphatic carbocycles. The fraction of sp³-hybridized carbons (Fsp3) is 0.333. The smallest absolute Gasteiger partial charge is 0.228 e. The predicted molar refractivity (Wildman–Crippen MR) is 96.8 cm³/mol. The molecule has 2 heterocycles. The molecule has 126 valence electrons. The molecule has 0 saturated carbocycles. The number of rotatable bonds is 5. The molecule has 2 aromatic rings. The van der Waals surface area contributed by atoms with Crippen molar-refractivity contribution in [3.8, 4) is 11.1 Å². The maximum absolute atomic E-state index is 12.0. The summed E-state index contributed by atoms with van der Waals surface area (Å²) >= 11 is 0. The minimum atomic E-state index is -1.03. The zero-order chi connectivity index (χ0) is 16.9. The van der Waals surface area contributed by atoms with Crippen molar-refractivity contribution >= 4 is 22.7 Å². The Balaban J connectivity index is 1.76. The molecule has 0 spiro atoms. The largest absolute Gasteiger partial charge is 0.297 e. The van der Waals surface area contributed by atoms with Crippen LogP contribution in [0.4, 0.5) is 5.82 Å². The Labute approximate surface area is 144 Å². The van der Waals surface area contributed by atoms with E-state index < -0.39 is 11.0 Å². The highest BCUT2D eigenvalue weighted by molar-refractivity contribution is 7.82. The molecule has 1 saturated heterocycles. The normalized spacial score (nSPS) is 16.2. The quantitative estimate of drug-likeness (QED) is 0.908. The Morgan fingerprint density at radius 1 is 1.21 bits per heavy atom. The molecule has 1 aliphatic heterocycles. The number of nitrogens with zero attached hydrogens (tertiary/aromatic N) is 2. The maximum atomic E-state index is 12.0. The van der Waals surface area contributed by atoms with Gasteiger partial charge in [-0.25, -0.2) is 13.9 Å². The molecule has 0 radical (unpaired) electrons. The van der Waals surface area contributed by atoms with E-state index in [9.17, 15) is 9.00 Å². The van der Waals surface area contributed by atoms with Crippen LogP contribution in [0.1, 0.15) is 24.8 Å². The molecule has 1 N–H and O–H groups in total. The lowest BCUT2D eigenvalue weighted by Crippen LogP contribution is -2.35. The predicted octanol–water partition coefficient (Wildman–Crippen LogP) is 2.65. The van der Waals surface area contributed by atoms with Gasteiger partial charge in [0, 0.05) is 37.5 Å². The summed E-state index contributed by atoms with van der Waals surface area (Å²) < 4.78 is 14.1. The Morgan fingerprint density at radius 3 is 2.79 bits per heavy atom. The van der Waals surface area contributed by atoms with Crippen molar-refractivity contribution in [3.05, 3.63) is 48.2 Å². The fourth-order valence-electron chi connectivity index (χ4n) is 2.81. The number of carbonyl (C=O) groups excluding carboxylic acids is 1. The third-order valence-corrected chi connectivity index (χ3v) is 4.64. The molecule has 1 aromatic carbocycles. The van der Waals surface area contributed by atoms with Crippen LogP contribution in [0.2, 0.25) is 0 Å². The lowest BCUT2D eigenvalue weighted by atomic mass is 10.0. The van der Waals surface area contributed by atoms with Crippen LogP contribution in [-0.4, -0.2) is 27.9 Å². The fourth-order valence-corrected chi connectivity index (χ4v) is 3.18. The number of nitrogens with one attached hydrogen (secondary N) is 1. The average molecular weight is 343 g/mol. The first-order valence-corrected chi connectivity index (χ1v) is 9.62. The highest BCUT2D eigenvalue weighted by atomic mass is 32.2. The minimum absolute atomic E-state index is 0.155. The zero-order valence-electron chi connectivity index (χ0n) is 13.7. The van der Waals surface area contributed by atoms with Gasteiger partial charge in [0.2, 0.25) is 5.91 Å². The van der Waals surface area contributed by atoms with E-state index in [1.807, 2.05) is 36.5 Å². The first kappa shape index (κ1) is 16.8. The molecule has 1 fully saturated rings. The van der Waals surface area contributed by atoms with Crippen LogP contribution in [0.5, 0.6) is 0 Å². The summed E-state index contributed by atoms with van der Waals surface area (Å²) in [4.78, 5) is 18.2. The number of anilines is 1. The second kappa shape index (κ2) is 7.68. The van der Waals surface area contributed by atoms with E-state index in [1.54, 1.807) is 11.2 Å². The van der Waals surface area contributed by atoms with Gasteiger partial charge in [-0.3, -0.25) is 9.69 Å². The lowest BCUT2D eigenvalue weighted by molar-refractivity contribution is -0.119. The molecule has 1 atom stereocenters. The van der Waals surface area contributed by atoms with Crippen molar-refractivity contribution in [2.75, 3.05) is 17.7 Å². The van der Waals surface area contributed by atoms with E-state index in [0.29, 0.717) is 13.0 Å². The van der Waals surface area contributed by atoms with Crippen LogP contribution in [0.15, 0.2) is 42.6 Å². The van der Waals surface area contributed by atoms with E-state index in [4.69, 9.17) is 0 Å². The third kappa shape index (κ3) is 4.07. The average Bonchev–Trinajstić information content (AvgIpc) is 2.61. The summed E-state index contributed by atoms with van der Waals surface area (Å²) in [5, 5.41) is 0. The van der Waals surface area contributed by atoms with Gasteiger partial charge in [0.25, 0.3) is 0 Å². The summed E-state index contributed by atoms with van der Waals surface area (Å²) in [5.41, 5.74) is 3.13. The highest BCUT2D eigenvalue weighted by Crippen LogP contribution is 2.24. The Bertz CT molecular complexity index is 746. The number of carbonyl (C=O) groups is 1. The number of hydrogen-bond donors (Lipinski definition) is 1. The molecular weight excluding hydrogens is 322 g/mol. The molecular formula is C18H21N3O2S. The first-order chi connectivity index (χ1) is 11.6. The third-order valence-electron chi connectivity index (χ3n) is 4.09. The molecule has 0 bridgehead atoms.